The van der Waals surface area contributed by atoms with Crippen molar-refractivity contribution in [2.45, 2.75) is 39.7 Å². The van der Waals surface area contributed by atoms with Crippen molar-refractivity contribution in [2.75, 3.05) is 19.7 Å². The summed E-state index contributed by atoms with van der Waals surface area (Å²) in [7, 11) is 0. The average Bonchev–Trinajstić information content (AvgIpc) is 2.37. The Balaban J connectivity index is 2.58. The van der Waals surface area contributed by atoms with Crippen LogP contribution >= 0.6 is 0 Å². The molecule has 1 saturated heterocycles. The number of rotatable bonds is 4. The van der Waals surface area contributed by atoms with Crippen molar-refractivity contribution >= 4 is 11.9 Å². The van der Waals surface area contributed by atoms with Crippen LogP contribution in [-0.4, -0.2) is 42.5 Å². The van der Waals surface area contributed by atoms with Crippen LogP contribution in [0.25, 0.3) is 0 Å². The highest BCUT2D eigenvalue weighted by Crippen LogP contribution is 2.20. The highest BCUT2D eigenvalue weighted by molar-refractivity contribution is 5.80. The topological polar surface area (TPSA) is 72.6 Å². The van der Waals surface area contributed by atoms with Crippen LogP contribution in [0.3, 0.4) is 0 Å². The molecule has 1 rings (SSSR count). The summed E-state index contributed by atoms with van der Waals surface area (Å²) >= 11 is 0. The smallest absolute Gasteiger partial charge is 0.310 e. The first-order valence-electron chi connectivity index (χ1n) is 6.68. The molecule has 0 spiro atoms. The fourth-order valence-corrected chi connectivity index (χ4v) is 2.14. The van der Waals surface area contributed by atoms with Gasteiger partial charge in [0.15, 0.2) is 0 Å². The van der Waals surface area contributed by atoms with E-state index < -0.39 is 0 Å². The molecular formula is C13H24N2O3. The Morgan fingerprint density at radius 1 is 1.44 bits per heavy atom. The number of likely N-dealkylation sites (tertiary alicyclic amines) is 1. The van der Waals surface area contributed by atoms with Crippen molar-refractivity contribution in [3.8, 4) is 0 Å². The Labute approximate surface area is 109 Å². The van der Waals surface area contributed by atoms with Gasteiger partial charge in [-0.3, -0.25) is 9.59 Å². The molecule has 0 aromatic carbocycles. The van der Waals surface area contributed by atoms with Crippen molar-refractivity contribution in [1.82, 2.24) is 4.90 Å². The summed E-state index contributed by atoms with van der Waals surface area (Å²) in [4.78, 5) is 25.6. The molecule has 1 fully saturated rings. The molecule has 1 amide bonds. The molecule has 5 nitrogen and oxygen atoms in total. The molecule has 0 aromatic rings. The van der Waals surface area contributed by atoms with Gasteiger partial charge in [0.1, 0.15) is 0 Å². The standard InChI is InChI=1S/C13H24N2O3/c1-4-18-13(17)11-6-5-7-15(8-11)12(16)9(2)10(3)14/h9-11H,4-8,14H2,1-3H3. The number of carbonyl (C=O) groups excluding carboxylic acids is 2. The number of nitrogens with two attached hydrogens (primary N) is 1. The summed E-state index contributed by atoms with van der Waals surface area (Å²) in [6, 6.07) is -0.166. The van der Waals surface area contributed by atoms with Crippen LogP contribution < -0.4 is 5.73 Å². The van der Waals surface area contributed by atoms with Crippen molar-refractivity contribution in [2.24, 2.45) is 17.6 Å². The van der Waals surface area contributed by atoms with Gasteiger partial charge in [0, 0.05) is 19.1 Å². The number of piperidine rings is 1. The molecular weight excluding hydrogens is 232 g/mol. The Kier molecular flexibility index (Phi) is 5.59. The Morgan fingerprint density at radius 2 is 2.11 bits per heavy atom. The maximum absolute atomic E-state index is 12.2. The van der Waals surface area contributed by atoms with Gasteiger partial charge in [0.25, 0.3) is 0 Å². The lowest BCUT2D eigenvalue weighted by Gasteiger charge is -2.34. The van der Waals surface area contributed by atoms with E-state index in [0.717, 1.165) is 12.8 Å². The Morgan fingerprint density at radius 3 is 2.67 bits per heavy atom. The van der Waals surface area contributed by atoms with E-state index in [2.05, 4.69) is 0 Å². The summed E-state index contributed by atoms with van der Waals surface area (Å²) in [5.41, 5.74) is 5.75. The third-order valence-corrected chi connectivity index (χ3v) is 3.53. The van der Waals surface area contributed by atoms with Gasteiger partial charge in [-0.25, -0.2) is 0 Å². The predicted molar refractivity (Wildman–Crippen MR) is 68.8 cm³/mol. The van der Waals surface area contributed by atoms with E-state index >= 15 is 0 Å². The molecule has 1 heterocycles. The van der Waals surface area contributed by atoms with Gasteiger partial charge in [-0.05, 0) is 26.7 Å². The molecule has 1 aliphatic heterocycles. The van der Waals surface area contributed by atoms with Crippen molar-refractivity contribution in [1.29, 1.82) is 0 Å². The van der Waals surface area contributed by atoms with Gasteiger partial charge in [-0.1, -0.05) is 6.92 Å². The third-order valence-electron chi connectivity index (χ3n) is 3.53. The lowest BCUT2D eigenvalue weighted by Crippen LogP contribution is -2.47. The van der Waals surface area contributed by atoms with Crippen LogP contribution in [-0.2, 0) is 14.3 Å². The van der Waals surface area contributed by atoms with E-state index in [1.807, 2.05) is 13.8 Å². The maximum atomic E-state index is 12.2. The average molecular weight is 256 g/mol. The van der Waals surface area contributed by atoms with Gasteiger partial charge >= 0.3 is 5.97 Å². The summed E-state index contributed by atoms with van der Waals surface area (Å²) in [5, 5.41) is 0. The number of hydrogen-bond acceptors (Lipinski definition) is 4. The van der Waals surface area contributed by atoms with Crippen molar-refractivity contribution in [3.63, 3.8) is 0 Å². The van der Waals surface area contributed by atoms with E-state index in [0.29, 0.717) is 19.7 Å². The second kappa shape index (κ2) is 6.73. The van der Waals surface area contributed by atoms with E-state index in [-0.39, 0.29) is 29.8 Å². The minimum Gasteiger partial charge on any atom is -0.466 e. The first kappa shape index (κ1) is 15.0. The molecule has 0 bridgehead atoms. The lowest BCUT2D eigenvalue weighted by molar-refractivity contribution is -0.151. The number of nitrogens with zero attached hydrogens (tertiary/aromatic N) is 1. The van der Waals surface area contributed by atoms with Crippen molar-refractivity contribution in [3.05, 3.63) is 0 Å². The SMILES string of the molecule is CCOC(=O)C1CCCN(C(=O)C(C)C(C)N)C1. The van der Waals surface area contributed by atoms with Gasteiger partial charge in [0.2, 0.25) is 5.91 Å². The number of ether oxygens (including phenoxy) is 1. The summed E-state index contributed by atoms with van der Waals surface area (Å²) in [6.07, 6.45) is 1.65. The summed E-state index contributed by atoms with van der Waals surface area (Å²) in [6.45, 7) is 7.03. The number of hydrogen-bond donors (Lipinski definition) is 1. The summed E-state index contributed by atoms with van der Waals surface area (Å²) in [5.74, 6) is -0.531. The molecule has 18 heavy (non-hydrogen) atoms. The zero-order valence-electron chi connectivity index (χ0n) is 11.5. The first-order chi connectivity index (χ1) is 8.47. The third kappa shape index (κ3) is 3.70. The van der Waals surface area contributed by atoms with E-state index in [9.17, 15) is 9.59 Å². The van der Waals surface area contributed by atoms with Crippen molar-refractivity contribution < 1.29 is 14.3 Å². The van der Waals surface area contributed by atoms with Crippen LogP contribution in [0, 0.1) is 11.8 Å². The fraction of sp³-hybridized carbons (Fsp3) is 0.846. The molecule has 5 heteroatoms. The van der Waals surface area contributed by atoms with Gasteiger partial charge < -0.3 is 15.4 Å². The predicted octanol–water partition coefficient (Wildman–Crippen LogP) is 0.771. The Hall–Kier alpha value is -1.10. The minimum absolute atomic E-state index is 0.0407. The van der Waals surface area contributed by atoms with E-state index in [1.165, 1.54) is 0 Å². The zero-order chi connectivity index (χ0) is 13.7. The largest absolute Gasteiger partial charge is 0.466 e. The normalized spacial score (nSPS) is 23.3. The molecule has 0 saturated carbocycles. The number of carbonyl (C=O) groups is 2. The van der Waals surface area contributed by atoms with E-state index in [4.69, 9.17) is 10.5 Å². The molecule has 3 unspecified atom stereocenters. The first-order valence-corrected chi connectivity index (χ1v) is 6.68. The molecule has 1 aliphatic rings. The second-order valence-corrected chi connectivity index (χ2v) is 5.02. The molecule has 2 N–H and O–H groups in total. The Bertz CT molecular complexity index is 305. The maximum Gasteiger partial charge on any atom is 0.310 e. The highest BCUT2D eigenvalue weighted by atomic mass is 16.5. The van der Waals surface area contributed by atoms with Crippen LogP contribution in [0.2, 0.25) is 0 Å². The van der Waals surface area contributed by atoms with Crippen LogP contribution in [0.1, 0.15) is 33.6 Å². The lowest BCUT2D eigenvalue weighted by atomic mass is 9.95. The zero-order valence-corrected chi connectivity index (χ0v) is 11.5. The van der Waals surface area contributed by atoms with Crippen LogP contribution in [0.15, 0.2) is 0 Å². The molecule has 104 valence electrons. The van der Waals surface area contributed by atoms with Crippen LogP contribution in [0.5, 0.6) is 0 Å². The summed E-state index contributed by atoms with van der Waals surface area (Å²) < 4.78 is 5.02. The minimum atomic E-state index is -0.203. The number of esters is 1. The van der Waals surface area contributed by atoms with Crippen LogP contribution in [0.4, 0.5) is 0 Å². The van der Waals surface area contributed by atoms with Gasteiger partial charge in [-0.15, -0.1) is 0 Å². The molecule has 3 atom stereocenters. The number of amides is 1. The monoisotopic (exact) mass is 256 g/mol. The molecule has 0 aromatic heterocycles. The van der Waals surface area contributed by atoms with Gasteiger partial charge in [-0.2, -0.15) is 0 Å². The van der Waals surface area contributed by atoms with E-state index in [1.54, 1.807) is 11.8 Å². The molecule has 0 aliphatic carbocycles. The fourth-order valence-electron chi connectivity index (χ4n) is 2.14. The molecule has 0 radical (unpaired) electrons. The second-order valence-electron chi connectivity index (χ2n) is 5.02. The highest BCUT2D eigenvalue weighted by Gasteiger charge is 2.31. The van der Waals surface area contributed by atoms with Gasteiger partial charge in [0.05, 0.1) is 18.4 Å². The quantitative estimate of drug-likeness (QED) is 0.754.